The van der Waals surface area contributed by atoms with Crippen molar-refractivity contribution in [2.45, 2.75) is 77.5 Å². The molecule has 0 aliphatic heterocycles. The molecule has 6 unspecified atom stereocenters. The first-order chi connectivity index (χ1) is 17.0. The summed E-state index contributed by atoms with van der Waals surface area (Å²) in [4.78, 5) is 50.9. The van der Waals surface area contributed by atoms with Gasteiger partial charge in [0.1, 0.15) is 18.1 Å². The van der Waals surface area contributed by atoms with Crippen LogP contribution in [-0.2, 0) is 25.6 Å². The molecule has 0 heterocycles. The van der Waals surface area contributed by atoms with E-state index >= 15 is 0 Å². The second-order valence-electron chi connectivity index (χ2n) is 9.21. The maximum absolute atomic E-state index is 13.2. The largest absolute Gasteiger partial charge is 0.480 e. The molecule has 10 heteroatoms. The molecule has 9 nitrogen and oxygen atoms in total. The van der Waals surface area contributed by atoms with E-state index < -0.39 is 47.9 Å². The van der Waals surface area contributed by atoms with Crippen LogP contribution >= 0.6 is 11.8 Å². The van der Waals surface area contributed by atoms with Gasteiger partial charge in [-0.25, -0.2) is 4.79 Å². The van der Waals surface area contributed by atoms with Crippen molar-refractivity contribution >= 4 is 35.5 Å². The lowest BCUT2D eigenvalue weighted by atomic mass is 9.96. The van der Waals surface area contributed by atoms with E-state index in [4.69, 9.17) is 5.73 Å². The number of nitrogens with two attached hydrogens (primary N) is 1. The summed E-state index contributed by atoms with van der Waals surface area (Å²) in [6.07, 6.45) is 3.68. The van der Waals surface area contributed by atoms with E-state index in [0.717, 1.165) is 12.0 Å². The van der Waals surface area contributed by atoms with Gasteiger partial charge in [0.25, 0.3) is 0 Å². The van der Waals surface area contributed by atoms with Crippen molar-refractivity contribution in [1.82, 2.24) is 16.0 Å². The second-order valence-corrected chi connectivity index (χ2v) is 10.2. The monoisotopic (exact) mass is 522 g/mol. The number of hydrogen-bond donors (Lipinski definition) is 5. The molecule has 3 amide bonds. The van der Waals surface area contributed by atoms with E-state index in [1.165, 1.54) is 11.8 Å². The number of carboxylic acids is 1. The summed E-state index contributed by atoms with van der Waals surface area (Å²) >= 11 is 1.54. The number of benzene rings is 1. The van der Waals surface area contributed by atoms with Gasteiger partial charge < -0.3 is 26.8 Å². The van der Waals surface area contributed by atoms with Crippen LogP contribution in [0.5, 0.6) is 0 Å². The topological polar surface area (TPSA) is 151 Å². The van der Waals surface area contributed by atoms with Gasteiger partial charge in [0.2, 0.25) is 17.7 Å². The number of hydrogen-bond acceptors (Lipinski definition) is 6. The van der Waals surface area contributed by atoms with Crippen LogP contribution in [0.2, 0.25) is 0 Å². The third kappa shape index (κ3) is 10.2. The molecule has 0 aliphatic carbocycles. The number of carboxylic acid groups (broad SMARTS) is 1. The van der Waals surface area contributed by atoms with Crippen LogP contribution in [-0.4, -0.2) is 65.0 Å². The van der Waals surface area contributed by atoms with Crippen molar-refractivity contribution in [3.8, 4) is 0 Å². The molecule has 36 heavy (non-hydrogen) atoms. The summed E-state index contributed by atoms with van der Waals surface area (Å²) in [6.45, 7) is 7.51. The molecule has 1 aromatic carbocycles. The summed E-state index contributed by atoms with van der Waals surface area (Å²) in [5, 5.41) is 17.8. The highest BCUT2D eigenvalue weighted by atomic mass is 32.2. The molecule has 0 aliphatic rings. The fraction of sp³-hybridized carbons (Fsp3) is 0.615. The van der Waals surface area contributed by atoms with Crippen molar-refractivity contribution in [2.24, 2.45) is 17.6 Å². The zero-order chi connectivity index (χ0) is 27.3. The fourth-order valence-corrected chi connectivity index (χ4v) is 4.02. The lowest BCUT2D eigenvalue weighted by Gasteiger charge is -2.28. The lowest BCUT2D eigenvalue weighted by molar-refractivity contribution is -0.142. The molecule has 202 valence electrons. The first-order valence-electron chi connectivity index (χ1n) is 12.5. The number of rotatable bonds is 16. The Balaban J connectivity index is 3.02. The van der Waals surface area contributed by atoms with Gasteiger partial charge in [-0.2, -0.15) is 11.8 Å². The van der Waals surface area contributed by atoms with Gasteiger partial charge in [-0.05, 0) is 35.8 Å². The van der Waals surface area contributed by atoms with Crippen LogP contribution in [0.1, 0.15) is 52.5 Å². The third-order valence-electron chi connectivity index (χ3n) is 6.49. The van der Waals surface area contributed by atoms with Gasteiger partial charge in [-0.1, -0.05) is 70.9 Å². The van der Waals surface area contributed by atoms with E-state index in [1.807, 2.05) is 40.0 Å². The molecule has 0 aromatic heterocycles. The van der Waals surface area contributed by atoms with Crippen LogP contribution in [0.25, 0.3) is 0 Å². The van der Waals surface area contributed by atoms with E-state index in [0.29, 0.717) is 18.6 Å². The predicted molar refractivity (Wildman–Crippen MR) is 143 cm³/mol. The van der Waals surface area contributed by atoms with E-state index in [-0.39, 0.29) is 18.3 Å². The normalized spacial score (nSPS) is 16.1. The Morgan fingerprint density at radius 1 is 0.889 bits per heavy atom. The van der Waals surface area contributed by atoms with Gasteiger partial charge in [0, 0.05) is 6.42 Å². The van der Waals surface area contributed by atoms with Crippen LogP contribution < -0.4 is 21.7 Å². The Bertz CT molecular complexity index is 854. The molecule has 0 fully saturated rings. The smallest absolute Gasteiger partial charge is 0.326 e. The Morgan fingerprint density at radius 3 is 2.00 bits per heavy atom. The quantitative estimate of drug-likeness (QED) is 0.223. The number of carbonyl (C=O) groups excluding carboxylic acids is 3. The van der Waals surface area contributed by atoms with Crippen molar-refractivity contribution in [3.63, 3.8) is 0 Å². The van der Waals surface area contributed by atoms with Crippen molar-refractivity contribution in [1.29, 1.82) is 0 Å². The van der Waals surface area contributed by atoms with Crippen molar-refractivity contribution in [3.05, 3.63) is 35.9 Å². The zero-order valence-corrected chi connectivity index (χ0v) is 22.8. The maximum atomic E-state index is 13.2. The number of aliphatic carboxylic acids is 1. The molecular formula is C26H42N4O5S. The Kier molecular flexibility index (Phi) is 14.2. The first kappa shape index (κ1) is 31.4. The summed E-state index contributed by atoms with van der Waals surface area (Å²) < 4.78 is 0. The minimum atomic E-state index is -1.16. The van der Waals surface area contributed by atoms with Gasteiger partial charge in [-0.15, -0.1) is 0 Å². The Hall–Kier alpha value is -2.59. The van der Waals surface area contributed by atoms with E-state index in [9.17, 15) is 24.3 Å². The van der Waals surface area contributed by atoms with Crippen LogP contribution in [0.3, 0.4) is 0 Å². The van der Waals surface area contributed by atoms with Crippen molar-refractivity contribution < 1.29 is 24.3 Å². The summed E-state index contributed by atoms with van der Waals surface area (Å²) in [6, 6.07) is 5.29. The van der Waals surface area contributed by atoms with Crippen LogP contribution in [0.4, 0.5) is 0 Å². The van der Waals surface area contributed by atoms with E-state index in [1.54, 1.807) is 24.3 Å². The molecule has 0 spiro atoms. The van der Waals surface area contributed by atoms with Gasteiger partial charge >= 0.3 is 5.97 Å². The van der Waals surface area contributed by atoms with Crippen LogP contribution in [0, 0.1) is 11.8 Å². The summed E-state index contributed by atoms with van der Waals surface area (Å²) in [5.41, 5.74) is 6.82. The number of thioether (sulfide) groups is 1. The molecule has 6 atom stereocenters. The molecule has 1 rings (SSSR count). The van der Waals surface area contributed by atoms with E-state index in [2.05, 4.69) is 16.0 Å². The van der Waals surface area contributed by atoms with Gasteiger partial charge in [-0.3, -0.25) is 14.4 Å². The Labute approximate surface area is 218 Å². The maximum Gasteiger partial charge on any atom is 0.326 e. The summed E-state index contributed by atoms with van der Waals surface area (Å²) in [5.74, 6) is -2.34. The molecule has 0 saturated carbocycles. The standard InChI is InChI=1S/C26H42N4O5S/c1-6-16(3)21(27)24(32)28-19(13-14-36-5)23(31)30-22(17(4)7-2)25(33)29-20(26(34)35)15-18-11-9-8-10-12-18/h8-12,16-17,19-22H,6-7,13-15,27H2,1-5H3,(H,28,32)(H,29,33)(H,30,31)(H,34,35). The highest BCUT2D eigenvalue weighted by Gasteiger charge is 2.33. The fourth-order valence-electron chi connectivity index (χ4n) is 3.55. The average molecular weight is 523 g/mol. The van der Waals surface area contributed by atoms with Crippen LogP contribution in [0.15, 0.2) is 30.3 Å². The second kappa shape index (κ2) is 16.2. The minimum absolute atomic E-state index is 0.0505. The Morgan fingerprint density at radius 2 is 1.47 bits per heavy atom. The predicted octanol–water partition coefficient (Wildman–Crippen LogP) is 1.94. The molecular weight excluding hydrogens is 480 g/mol. The number of nitrogens with one attached hydrogen (secondary N) is 3. The molecule has 0 radical (unpaired) electrons. The molecule has 6 N–H and O–H groups in total. The molecule has 0 saturated heterocycles. The third-order valence-corrected chi connectivity index (χ3v) is 7.14. The number of carbonyl (C=O) groups is 4. The summed E-state index contributed by atoms with van der Waals surface area (Å²) in [7, 11) is 0. The average Bonchev–Trinajstić information content (AvgIpc) is 2.87. The van der Waals surface area contributed by atoms with Gasteiger partial charge in [0.05, 0.1) is 6.04 Å². The van der Waals surface area contributed by atoms with Gasteiger partial charge in [0.15, 0.2) is 0 Å². The minimum Gasteiger partial charge on any atom is -0.480 e. The highest BCUT2D eigenvalue weighted by molar-refractivity contribution is 7.98. The first-order valence-corrected chi connectivity index (χ1v) is 13.9. The number of amides is 3. The lowest BCUT2D eigenvalue weighted by Crippen LogP contribution is -2.59. The SMILES string of the molecule is CCC(C)C(N)C(=O)NC(CCSC)C(=O)NC(C(=O)NC(Cc1ccccc1)C(=O)O)C(C)CC. The highest BCUT2D eigenvalue weighted by Crippen LogP contribution is 2.12. The molecule has 0 bridgehead atoms. The van der Waals surface area contributed by atoms with Crippen molar-refractivity contribution in [2.75, 3.05) is 12.0 Å². The molecule has 1 aromatic rings. The zero-order valence-electron chi connectivity index (χ0n) is 22.0.